The lowest BCUT2D eigenvalue weighted by Gasteiger charge is -2.05. The molecule has 3 nitrogen and oxygen atoms in total. The van der Waals surface area contributed by atoms with E-state index in [9.17, 15) is 0 Å². The summed E-state index contributed by atoms with van der Waals surface area (Å²) in [6.45, 7) is 6.20. The molecule has 3 heteroatoms. The first-order valence-corrected chi connectivity index (χ1v) is 2.67. The van der Waals surface area contributed by atoms with Crippen molar-refractivity contribution in [1.29, 1.82) is 0 Å². The van der Waals surface area contributed by atoms with Crippen molar-refractivity contribution in [3.63, 3.8) is 0 Å². The molecule has 0 fully saturated rings. The van der Waals surface area contributed by atoms with E-state index < -0.39 is 0 Å². The fraction of sp³-hybridized carbons (Fsp3) is 0.600. The van der Waals surface area contributed by atoms with Gasteiger partial charge in [-0.25, -0.2) is 0 Å². The summed E-state index contributed by atoms with van der Waals surface area (Å²) in [4.78, 5) is 0. The van der Waals surface area contributed by atoms with Crippen molar-refractivity contribution < 1.29 is 0 Å². The first kappa shape index (κ1) is 5.28. The van der Waals surface area contributed by atoms with Gasteiger partial charge in [0.15, 0.2) is 0 Å². The highest BCUT2D eigenvalue weighted by molar-refractivity contribution is 4.72. The largest absolute Gasteiger partial charge is 0.273 e. The SMILES string of the molecule is C=CCN1CCN=N1. The molecule has 0 aromatic carbocycles. The molecule has 1 aliphatic heterocycles. The summed E-state index contributed by atoms with van der Waals surface area (Å²) < 4.78 is 0. The van der Waals surface area contributed by atoms with Crippen molar-refractivity contribution in [2.24, 2.45) is 10.3 Å². The van der Waals surface area contributed by atoms with Crippen LogP contribution >= 0.6 is 0 Å². The molecule has 1 aliphatic rings. The molecule has 0 bridgehead atoms. The second kappa shape index (κ2) is 2.45. The van der Waals surface area contributed by atoms with E-state index >= 15 is 0 Å². The van der Waals surface area contributed by atoms with Gasteiger partial charge >= 0.3 is 0 Å². The molecule has 0 N–H and O–H groups in total. The molecule has 0 aromatic heterocycles. The average Bonchev–Trinajstić information content (AvgIpc) is 2.19. The second-order valence-corrected chi connectivity index (χ2v) is 1.66. The molecule has 0 unspecified atom stereocenters. The second-order valence-electron chi connectivity index (χ2n) is 1.66. The van der Waals surface area contributed by atoms with Crippen LogP contribution in [0.3, 0.4) is 0 Å². The van der Waals surface area contributed by atoms with Crippen LogP contribution in [0.5, 0.6) is 0 Å². The van der Waals surface area contributed by atoms with Gasteiger partial charge in [-0.1, -0.05) is 11.3 Å². The Morgan fingerprint density at radius 2 is 2.62 bits per heavy atom. The van der Waals surface area contributed by atoms with E-state index in [1.54, 1.807) is 0 Å². The minimum Gasteiger partial charge on any atom is -0.273 e. The Labute approximate surface area is 48.7 Å². The maximum atomic E-state index is 3.81. The smallest absolute Gasteiger partial charge is 0.0813 e. The van der Waals surface area contributed by atoms with E-state index in [-0.39, 0.29) is 0 Å². The Kier molecular flexibility index (Phi) is 1.62. The van der Waals surface area contributed by atoms with Crippen molar-refractivity contribution in [3.05, 3.63) is 12.7 Å². The van der Waals surface area contributed by atoms with E-state index in [2.05, 4.69) is 16.9 Å². The predicted octanol–water partition coefficient (Wildman–Crippen LogP) is 0.855. The van der Waals surface area contributed by atoms with Crippen molar-refractivity contribution in [3.8, 4) is 0 Å². The van der Waals surface area contributed by atoms with Crippen molar-refractivity contribution >= 4 is 0 Å². The van der Waals surface area contributed by atoms with Crippen molar-refractivity contribution in [2.75, 3.05) is 19.6 Å². The molecule has 0 atom stereocenters. The molecule has 0 saturated heterocycles. The first-order chi connectivity index (χ1) is 3.93. The van der Waals surface area contributed by atoms with Crippen LogP contribution in [0.1, 0.15) is 0 Å². The maximum Gasteiger partial charge on any atom is 0.0813 e. The van der Waals surface area contributed by atoms with E-state index in [1.807, 2.05) is 11.1 Å². The van der Waals surface area contributed by atoms with Gasteiger partial charge in [-0.05, 0) is 0 Å². The van der Waals surface area contributed by atoms with Crippen molar-refractivity contribution in [1.82, 2.24) is 5.01 Å². The molecule has 8 heavy (non-hydrogen) atoms. The molecular formula is C5H9N3. The van der Waals surface area contributed by atoms with Gasteiger partial charge in [-0.15, -0.1) is 6.58 Å². The fourth-order valence-electron chi connectivity index (χ4n) is 0.616. The third kappa shape index (κ3) is 1.05. The predicted molar refractivity (Wildman–Crippen MR) is 31.5 cm³/mol. The van der Waals surface area contributed by atoms with E-state index in [0.29, 0.717) is 0 Å². The molecule has 44 valence electrons. The van der Waals surface area contributed by atoms with Crippen LogP contribution in [0.4, 0.5) is 0 Å². The first-order valence-electron chi connectivity index (χ1n) is 2.67. The Morgan fingerprint density at radius 1 is 1.75 bits per heavy atom. The summed E-state index contributed by atoms with van der Waals surface area (Å²) in [6.07, 6.45) is 1.82. The number of hydrogen-bond donors (Lipinski definition) is 0. The molecule has 0 amide bonds. The van der Waals surface area contributed by atoms with Gasteiger partial charge in [0, 0.05) is 0 Å². The van der Waals surface area contributed by atoms with Crippen LogP contribution in [0.25, 0.3) is 0 Å². The van der Waals surface area contributed by atoms with Crippen LogP contribution in [-0.4, -0.2) is 24.6 Å². The normalized spacial score (nSPS) is 17.2. The zero-order valence-corrected chi connectivity index (χ0v) is 4.75. The lowest BCUT2D eigenvalue weighted by molar-refractivity contribution is 0.356. The molecule has 0 spiro atoms. The van der Waals surface area contributed by atoms with E-state index in [1.165, 1.54) is 0 Å². The quantitative estimate of drug-likeness (QED) is 0.485. The fourth-order valence-corrected chi connectivity index (χ4v) is 0.616. The Balaban J connectivity index is 2.25. The van der Waals surface area contributed by atoms with Crippen LogP contribution in [0.2, 0.25) is 0 Å². The van der Waals surface area contributed by atoms with Crippen LogP contribution in [-0.2, 0) is 0 Å². The Hall–Kier alpha value is -0.860. The third-order valence-corrected chi connectivity index (χ3v) is 0.988. The zero-order valence-electron chi connectivity index (χ0n) is 4.75. The van der Waals surface area contributed by atoms with Gasteiger partial charge in [-0.3, -0.25) is 5.01 Å². The van der Waals surface area contributed by atoms with Gasteiger partial charge in [-0.2, -0.15) is 5.11 Å². The zero-order chi connectivity index (χ0) is 5.82. The number of hydrogen-bond acceptors (Lipinski definition) is 3. The van der Waals surface area contributed by atoms with Gasteiger partial charge in [0.25, 0.3) is 0 Å². The van der Waals surface area contributed by atoms with Crippen LogP contribution in [0.15, 0.2) is 23.0 Å². The summed E-state index contributed by atoms with van der Waals surface area (Å²) in [5, 5.41) is 9.48. The minimum atomic E-state index is 0.823. The van der Waals surface area contributed by atoms with Crippen LogP contribution < -0.4 is 0 Å². The van der Waals surface area contributed by atoms with Gasteiger partial charge in [0.1, 0.15) is 0 Å². The molecule has 0 saturated carbocycles. The van der Waals surface area contributed by atoms with Gasteiger partial charge in [0.2, 0.25) is 0 Å². The Bertz CT molecular complexity index is 108. The van der Waals surface area contributed by atoms with E-state index in [4.69, 9.17) is 0 Å². The van der Waals surface area contributed by atoms with Gasteiger partial charge in [0.05, 0.1) is 19.6 Å². The molecule has 1 heterocycles. The molecule has 1 rings (SSSR count). The standard InChI is InChI=1S/C5H9N3/c1-2-4-8-5-3-6-7-8/h2H,1,3-5H2. The Morgan fingerprint density at radius 3 is 3.12 bits per heavy atom. The maximum absolute atomic E-state index is 3.81. The molecule has 0 aliphatic carbocycles. The lowest BCUT2D eigenvalue weighted by atomic mass is 10.5. The van der Waals surface area contributed by atoms with E-state index in [0.717, 1.165) is 19.6 Å². The lowest BCUT2D eigenvalue weighted by Crippen LogP contribution is -2.14. The summed E-state index contributed by atoms with van der Waals surface area (Å²) in [6, 6.07) is 0. The molecule has 0 radical (unpaired) electrons. The number of rotatable bonds is 2. The van der Waals surface area contributed by atoms with Gasteiger partial charge < -0.3 is 0 Å². The highest BCUT2D eigenvalue weighted by Gasteiger charge is 2.01. The summed E-state index contributed by atoms with van der Waals surface area (Å²) in [7, 11) is 0. The summed E-state index contributed by atoms with van der Waals surface area (Å²) in [5.41, 5.74) is 0. The highest BCUT2D eigenvalue weighted by Crippen LogP contribution is 1.97. The van der Waals surface area contributed by atoms with Crippen LogP contribution in [0, 0.1) is 0 Å². The topological polar surface area (TPSA) is 28.0 Å². The van der Waals surface area contributed by atoms with Crippen molar-refractivity contribution in [2.45, 2.75) is 0 Å². The molecular weight excluding hydrogens is 102 g/mol. The third-order valence-electron chi connectivity index (χ3n) is 0.988. The summed E-state index contributed by atoms with van der Waals surface area (Å²) >= 11 is 0. The minimum absolute atomic E-state index is 0.823. The monoisotopic (exact) mass is 111 g/mol. The average molecular weight is 111 g/mol. The molecule has 0 aromatic rings. The number of nitrogens with zero attached hydrogens (tertiary/aromatic N) is 3. The highest BCUT2D eigenvalue weighted by atomic mass is 15.6. The summed E-state index contributed by atoms with van der Waals surface area (Å²) in [5.74, 6) is 0.